The van der Waals surface area contributed by atoms with Crippen molar-refractivity contribution in [3.63, 3.8) is 0 Å². The second kappa shape index (κ2) is 9.03. The molecule has 0 aromatic heterocycles. The summed E-state index contributed by atoms with van der Waals surface area (Å²) in [5.41, 5.74) is 0. The summed E-state index contributed by atoms with van der Waals surface area (Å²) < 4.78 is 27.6. The molecular weight excluding hydrogens is 374 g/mol. The van der Waals surface area contributed by atoms with Gasteiger partial charge in [0.15, 0.2) is 6.54 Å². The maximum atomic E-state index is 13.0. The monoisotopic (exact) mass is 404 g/mol. The summed E-state index contributed by atoms with van der Waals surface area (Å²) >= 11 is 0. The Hall–Kier alpha value is -1.96. The molecule has 152 valence electrons. The molecule has 1 saturated heterocycles. The summed E-state index contributed by atoms with van der Waals surface area (Å²) in [6, 6.07) is 13.2. The summed E-state index contributed by atoms with van der Waals surface area (Å²) in [6.45, 7) is 6.67. The smallest absolute Gasteiger partial charge is 0.275 e. The number of hydrogen-bond donors (Lipinski definition) is 2. The molecule has 0 saturated carbocycles. The van der Waals surface area contributed by atoms with Crippen molar-refractivity contribution >= 4 is 26.7 Å². The molecule has 0 unspecified atom stereocenters. The molecule has 2 N–H and O–H groups in total. The van der Waals surface area contributed by atoms with E-state index in [-0.39, 0.29) is 11.9 Å². The van der Waals surface area contributed by atoms with Crippen LogP contribution in [0.15, 0.2) is 47.4 Å². The van der Waals surface area contributed by atoms with Gasteiger partial charge in [-0.2, -0.15) is 4.31 Å². The third kappa shape index (κ3) is 4.90. The van der Waals surface area contributed by atoms with E-state index >= 15 is 0 Å². The zero-order valence-electron chi connectivity index (χ0n) is 16.6. The number of sulfonamides is 1. The maximum absolute atomic E-state index is 13.0. The second-order valence-corrected chi connectivity index (χ2v) is 9.53. The van der Waals surface area contributed by atoms with E-state index < -0.39 is 10.0 Å². The number of carbonyl (C=O) groups is 1. The minimum atomic E-state index is -3.51. The predicted molar refractivity (Wildman–Crippen MR) is 111 cm³/mol. The summed E-state index contributed by atoms with van der Waals surface area (Å²) in [5.74, 6) is 0.0433. The number of carbonyl (C=O) groups excluding carboxylic acids is 1. The Bertz CT molecular complexity index is 921. The van der Waals surface area contributed by atoms with E-state index in [9.17, 15) is 13.2 Å². The van der Waals surface area contributed by atoms with Crippen LogP contribution in [-0.4, -0.2) is 57.4 Å². The molecule has 28 heavy (non-hydrogen) atoms. The first-order valence-corrected chi connectivity index (χ1v) is 11.5. The number of benzene rings is 2. The number of hydrogen-bond acceptors (Lipinski definition) is 3. The van der Waals surface area contributed by atoms with Crippen molar-refractivity contribution in [3.8, 4) is 0 Å². The van der Waals surface area contributed by atoms with Gasteiger partial charge in [-0.05, 0) is 36.2 Å². The lowest BCUT2D eigenvalue weighted by molar-refractivity contribution is -0.895. The molecule has 7 heteroatoms. The topological polar surface area (TPSA) is 70.9 Å². The Morgan fingerprint density at radius 1 is 1.14 bits per heavy atom. The van der Waals surface area contributed by atoms with Crippen LogP contribution >= 0.6 is 0 Å². The van der Waals surface area contributed by atoms with E-state index in [1.54, 1.807) is 12.1 Å². The summed E-state index contributed by atoms with van der Waals surface area (Å²) in [6.07, 6.45) is 2.01. The lowest BCUT2D eigenvalue weighted by Gasteiger charge is -2.31. The molecule has 6 nitrogen and oxygen atoms in total. The highest BCUT2D eigenvalue weighted by molar-refractivity contribution is 7.89. The third-order valence-electron chi connectivity index (χ3n) is 5.33. The van der Waals surface area contributed by atoms with E-state index in [1.807, 2.05) is 37.3 Å². The molecule has 0 aliphatic carbocycles. The molecule has 2 aromatic carbocycles. The van der Waals surface area contributed by atoms with E-state index in [4.69, 9.17) is 0 Å². The largest absolute Gasteiger partial charge is 0.349 e. The lowest BCUT2D eigenvalue weighted by atomic mass is 10.1. The molecule has 1 aliphatic rings. The first-order valence-electron chi connectivity index (χ1n) is 10.0. The number of amides is 1. The van der Waals surface area contributed by atoms with E-state index in [2.05, 4.69) is 12.2 Å². The van der Waals surface area contributed by atoms with Gasteiger partial charge in [-0.25, -0.2) is 8.42 Å². The van der Waals surface area contributed by atoms with E-state index in [0.717, 1.165) is 28.5 Å². The molecule has 0 radical (unpaired) electrons. The highest BCUT2D eigenvalue weighted by Gasteiger charge is 2.31. The minimum absolute atomic E-state index is 0.0433. The number of rotatable bonds is 7. The molecule has 2 aromatic rings. The zero-order valence-corrected chi connectivity index (χ0v) is 17.5. The Morgan fingerprint density at radius 2 is 1.82 bits per heavy atom. The summed E-state index contributed by atoms with van der Waals surface area (Å²) in [4.78, 5) is 13.6. The molecule has 1 fully saturated rings. The maximum Gasteiger partial charge on any atom is 0.275 e. The first-order chi connectivity index (χ1) is 13.4. The fourth-order valence-corrected chi connectivity index (χ4v) is 5.23. The van der Waals surface area contributed by atoms with Crippen molar-refractivity contribution in [2.45, 2.75) is 37.6 Å². The normalized spacial score (nSPS) is 17.5. The minimum Gasteiger partial charge on any atom is -0.349 e. The SMILES string of the molecule is CCC[C@@H](C)NC(=O)C[NH+]1CCN(S(=O)(=O)c2ccc3ccccc3c2)CC1. The zero-order chi connectivity index (χ0) is 20.1. The fraction of sp³-hybridized carbons (Fsp3) is 0.476. The lowest BCUT2D eigenvalue weighted by Crippen LogP contribution is -3.15. The first kappa shape index (κ1) is 20.8. The standard InChI is InChI=1S/C21H29N3O3S/c1-3-6-17(2)22-21(25)16-23-11-13-24(14-12-23)28(26,27)20-10-9-18-7-4-5-8-19(18)15-20/h4-5,7-10,15,17H,3,6,11-14,16H2,1-2H3,(H,22,25)/p+1/t17-/m1/s1. The van der Waals surface area contributed by atoms with Gasteiger partial charge in [0.2, 0.25) is 10.0 Å². The van der Waals surface area contributed by atoms with Gasteiger partial charge in [0.25, 0.3) is 5.91 Å². The number of nitrogens with one attached hydrogen (secondary N) is 2. The molecule has 1 aliphatic heterocycles. The quantitative estimate of drug-likeness (QED) is 0.724. The Labute approximate surface area is 167 Å². The average molecular weight is 405 g/mol. The van der Waals surface area contributed by atoms with Crippen LogP contribution in [0.3, 0.4) is 0 Å². The summed E-state index contributed by atoms with van der Waals surface area (Å²) in [5, 5.41) is 4.97. The van der Waals surface area contributed by atoms with Gasteiger partial charge in [0.05, 0.1) is 31.1 Å². The van der Waals surface area contributed by atoms with Gasteiger partial charge in [-0.1, -0.05) is 43.7 Å². The van der Waals surface area contributed by atoms with Crippen LogP contribution in [0.25, 0.3) is 10.8 Å². The van der Waals surface area contributed by atoms with Crippen molar-refractivity contribution in [1.82, 2.24) is 9.62 Å². The van der Waals surface area contributed by atoms with Crippen molar-refractivity contribution < 1.29 is 18.1 Å². The van der Waals surface area contributed by atoms with Crippen LogP contribution in [0.5, 0.6) is 0 Å². The number of nitrogens with zero attached hydrogens (tertiary/aromatic N) is 1. The molecule has 1 amide bonds. The number of quaternary nitrogens is 1. The second-order valence-electron chi connectivity index (χ2n) is 7.60. The molecule has 3 rings (SSSR count). The fourth-order valence-electron chi connectivity index (χ4n) is 3.75. The molecule has 0 spiro atoms. The van der Waals surface area contributed by atoms with Crippen LogP contribution in [0.1, 0.15) is 26.7 Å². The van der Waals surface area contributed by atoms with Gasteiger partial charge in [0.1, 0.15) is 0 Å². The van der Waals surface area contributed by atoms with Gasteiger partial charge >= 0.3 is 0 Å². The summed E-state index contributed by atoms with van der Waals surface area (Å²) in [7, 11) is -3.51. The van der Waals surface area contributed by atoms with Crippen LogP contribution in [0.2, 0.25) is 0 Å². The van der Waals surface area contributed by atoms with Crippen LogP contribution in [-0.2, 0) is 14.8 Å². The molecule has 1 atom stereocenters. The van der Waals surface area contributed by atoms with Crippen molar-refractivity contribution in [2.24, 2.45) is 0 Å². The van der Waals surface area contributed by atoms with Crippen LogP contribution in [0, 0.1) is 0 Å². The van der Waals surface area contributed by atoms with Crippen LogP contribution < -0.4 is 10.2 Å². The molecule has 1 heterocycles. The highest BCUT2D eigenvalue weighted by atomic mass is 32.2. The van der Waals surface area contributed by atoms with Crippen molar-refractivity contribution in [3.05, 3.63) is 42.5 Å². The average Bonchev–Trinajstić information content (AvgIpc) is 2.68. The molecular formula is C21H30N3O3S+. The van der Waals surface area contributed by atoms with E-state index in [1.165, 1.54) is 4.31 Å². The van der Waals surface area contributed by atoms with Gasteiger partial charge in [-0.3, -0.25) is 4.79 Å². The van der Waals surface area contributed by atoms with Crippen LogP contribution in [0.4, 0.5) is 0 Å². The van der Waals surface area contributed by atoms with Crippen molar-refractivity contribution in [1.29, 1.82) is 0 Å². The Kier molecular flexibility index (Phi) is 6.69. The molecule has 0 bridgehead atoms. The number of fused-ring (bicyclic) bond motifs is 1. The highest BCUT2D eigenvalue weighted by Crippen LogP contribution is 2.21. The van der Waals surface area contributed by atoms with Gasteiger partial charge in [-0.15, -0.1) is 0 Å². The number of piperazine rings is 1. The third-order valence-corrected chi connectivity index (χ3v) is 7.22. The predicted octanol–water partition coefficient (Wildman–Crippen LogP) is 1.03. The Morgan fingerprint density at radius 3 is 2.50 bits per heavy atom. The van der Waals surface area contributed by atoms with Gasteiger partial charge < -0.3 is 10.2 Å². The van der Waals surface area contributed by atoms with Crippen molar-refractivity contribution in [2.75, 3.05) is 32.7 Å². The van der Waals surface area contributed by atoms with Gasteiger partial charge in [0, 0.05) is 6.04 Å². The Balaban J connectivity index is 1.59. The van der Waals surface area contributed by atoms with E-state index in [0.29, 0.717) is 37.6 Å².